The van der Waals surface area contributed by atoms with Crippen LogP contribution in [0.2, 0.25) is 0 Å². The van der Waals surface area contributed by atoms with Gasteiger partial charge in [-0.2, -0.15) is 0 Å². The first-order valence-corrected chi connectivity index (χ1v) is 6.36. The van der Waals surface area contributed by atoms with Crippen molar-refractivity contribution in [1.82, 2.24) is 5.32 Å². The SMILES string of the molecule is CCC(N)Cc1ccc(OCC(=O)NC)c(OC)c1. The molecular formula is C14H22N2O3. The predicted molar refractivity (Wildman–Crippen MR) is 74.5 cm³/mol. The number of carbonyl (C=O) groups excluding carboxylic acids is 1. The Morgan fingerprint density at radius 2 is 2.16 bits per heavy atom. The van der Waals surface area contributed by atoms with Crippen LogP contribution in [0, 0.1) is 0 Å². The summed E-state index contributed by atoms with van der Waals surface area (Å²) in [4.78, 5) is 11.1. The Bertz CT molecular complexity index is 421. The van der Waals surface area contributed by atoms with Crippen molar-refractivity contribution in [3.05, 3.63) is 23.8 Å². The Hall–Kier alpha value is -1.75. The maximum Gasteiger partial charge on any atom is 0.257 e. The molecule has 0 aliphatic rings. The van der Waals surface area contributed by atoms with Crippen molar-refractivity contribution >= 4 is 5.91 Å². The normalized spacial score (nSPS) is 11.8. The van der Waals surface area contributed by atoms with Gasteiger partial charge in [0.15, 0.2) is 18.1 Å². The van der Waals surface area contributed by atoms with Crippen molar-refractivity contribution in [3.8, 4) is 11.5 Å². The van der Waals surface area contributed by atoms with Gasteiger partial charge in [-0.25, -0.2) is 0 Å². The Kier molecular flexibility index (Phi) is 6.15. The van der Waals surface area contributed by atoms with Crippen LogP contribution in [0.3, 0.4) is 0 Å². The van der Waals surface area contributed by atoms with E-state index in [0.29, 0.717) is 11.5 Å². The van der Waals surface area contributed by atoms with Gasteiger partial charge in [-0.05, 0) is 30.5 Å². The summed E-state index contributed by atoms with van der Waals surface area (Å²) in [5, 5.41) is 2.50. The molecule has 5 heteroatoms. The molecule has 0 heterocycles. The zero-order chi connectivity index (χ0) is 14.3. The molecule has 0 aliphatic heterocycles. The molecule has 0 aliphatic carbocycles. The zero-order valence-electron chi connectivity index (χ0n) is 11.7. The van der Waals surface area contributed by atoms with Crippen LogP contribution in [0.5, 0.6) is 11.5 Å². The Morgan fingerprint density at radius 3 is 2.74 bits per heavy atom. The summed E-state index contributed by atoms with van der Waals surface area (Å²) in [6.07, 6.45) is 1.72. The summed E-state index contributed by atoms with van der Waals surface area (Å²) in [6.45, 7) is 2.03. The van der Waals surface area contributed by atoms with Gasteiger partial charge in [-0.3, -0.25) is 4.79 Å². The molecule has 3 N–H and O–H groups in total. The summed E-state index contributed by atoms with van der Waals surface area (Å²) in [5.74, 6) is 0.990. The molecule has 19 heavy (non-hydrogen) atoms. The lowest BCUT2D eigenvalue weighted by Crippen LogP contribution is -2.25. The molecule has 1 amide bonds. The van der Waals surface area contributed by atoms with Crippen molar-refractivity contribution in [2.45, 2.75) is 25.8 Å². The molecule has 1 aromatic carbocycles. The number of likely N-dealkylation sites (N-methyl/N-ethyl adjacent to an activating group) is 1. The first-order valence-electron chi connectivity index (χ1n) is 6.36. The van der Waals surface area contributed by atoms with Crippen LogP contribution in [0.15, 0.2) is 18.2 Å². The van der Waals surface area contributed by atoms with Crippen molar-refractivity contribution in [2.75, 3.05) is 20.8 Å². The third-order valence-electron chi connectivity index (χ3n) is 2.89. The highest BCUT2D eigenvalue weighted by Gasteiger charge is 2.09. The number of methoxy groups -OCH3 is 1. The highest BCUT2D eigenvalue weighted by molar-refractivity contribution is 5.77. The minimum absolute atomic E-state index is 0.0271. The van der Waals surface area contributed by atoms with Crippen molar-refractivity contribution in [3.63, 3.8) is 0 Å². The molecule has 0 bridgehead atoms. The van der Waals surface area contributed by atoms with Crippen molar-refractivity contribution < 1.29 is 14.3 Å². The lowest BCUT2D eigenvalue weighted by atomic mass is 10.0. The second-order valence-corrected chi connectivity index (χ2v) is 4.32. The topological polar surface area (TPSA) is 73.6 Å². The number of ether oxygens (including phenoxy) is 2. The molecule has 0 saturated heterocycles. The molecule has 0 spiro atoms. The third-order valence-corrected chi connectivity index (χ3v) is 2.89. The van der Waals surface area contributed by atoms with Crippen LogP contribution >= 0.6 is 0 Å². The van der Waals surface area contributed by atoms with Gasteiger partial charge >= 0.3 is 0 Å². The summed E-state index contributed by atoms with van der Waals surface area (Å²) in [6, 6.07) is 5.79. The fraction of sp³-hybridized carbons (Fsp3) is 0.500. The number of benzene rings is 1. The van der Waals surface area contributed by atoms with Gasteiger partial charge in [0.05, 0.1) is 7.11 Å². The van der Waals surface area contributed by atoms with Gasteiger partial charge < -0.3 is 20.5 Å². The summed E-state index contributed by atoms with van der Waals surface area (Å²) in [7, 11) is 3.14. The monoisotopic (exact) mass is 266 g/mol. The van der Waals surface area contributed by atoms with Gasteiger partial charge in [-0.15, -0.1) is 0 Å². The second kappa shape index (κ2) is 7.63. The number of nitrogens with two attached hydrogens (primary N) is 1. The average Bonchev–Trinajstić information content (AvgIpc) is 2.44. The molecule has 1 atom stereocenters. The lowest BCUT2D eigenvalue weighted by Gasteiger charge is -2.13. The summed E-state index contributed by atoms with van der Waals surface area (Å²) in [5.41, 5.74) is 7.02. The van der Waals surface area contributed by atoms with E-state index in [1.807, 2.05) is 12.1 Å². The summed E-state index contributed by atoms with van der Waals surface area (Å²) < 4.78 is 10.7. The number of hydrogen-bond acceptors (Lipinski definition) is 4. The highest BCUT2D eigenvalue weighted by Crippen LogP contribution is 2.28. The molecule has 1 unspecified atom stereocenters. The lowest BCUT2D eigenvalue weighted by molar-refractivity contribution is -0.122. The maximum atomic E-state index is 11.1. The van der Waals surface area contributed by atoms with E-state index in [1.54, 1.807) is 20.2 Å². The molecule has 1 aromatic rings. The smallest absolute Gasteiger partial charge is 0.257 e. The Morgan fingerprint density at radius 1 is 1.42 bits per heavy atom. The third kappa shape index (κ3) is 4.79. The highest BCUT2D eigenvalue weighted by atomic mass is 16.5. The first-order chi connectivity index (χ1) is 9.10. The molecule has 5 nitrogen and oxygen atoms in total. The Labute approximate surface area is 114 Å². The fourth-order valence-corrected chi connectivity index (χ4v) is 1.62. The van der Waals surface area contributed by atoms with Gasteiger partial charge in [0, 0.05) is 13.1 Å². The average molecular weight is 266 g/mol. The molecule has 0 radical (unpaired) electrons. The van der Waals surface area contributed by atoms with Crippen LogP contribution in [-0.2, 0) is 11.2 Å². The van der Waals surface area contributed by atoms with Gasteiger partial charge in [0.2, 0.25) is 0 Å². The van der Waals surface area contributed by atoms with Gasteiger partial charge in [0.1, 0.15) is 0 Å². The van der Waals surface area contributed by atoms with E-state index in [4.69, 9.17) is 15.2 Å². The summed E-state index contributed by atoms with van der Waals surface area (Å²) >= 11 is 0. The largest absolute Gasteiger partial charge is 0.493 e. The molecule has 0 fully saturated rings. The Balaban J connectivity index is 2.75. The van der Waals surface area contributed by atoms with E-state index in [-0.39, 0.29) is 18.6 Å². The fourth-order valence-electron chi connectivity index (χ4n) is 1.62. The number of hydrogen-bond donors (Lipinski definition) is 2. The van der Waals surface area contributed by atoms with E-state index in [2.05, 4.69) is 12.2 Å². The number of amides is 1. The molecule has 0 aromatic heterocycles. The number of nitrogens with one attached hydrogen (secondary N) is 1. The molecule has 106 valence electrons. The van der Waals surface area contributed by atoms with Crippen LogP contribution in [-0.4, -0.2) is 32.7 Å². The van der Waals surface area contributed by atoms with Crippen LogP contribution in [0.1, 0.15) is 18.9 Å². The van der Waals surface area contributed by atoms with E-state index in [9.17, 15) is 4.79 Å². The number of carbonyl (C=O) groups is 1. The van der Waals surface area contributed by atoms with Crippen LogP contribution in [0.4, 0.5) is 0 Å². The molecule has 1 rings (SSSR count). The minimum atomic E-state index is -0.181. The van der Waals surface area contributed by atoms with Crippen molar-refractivity contribution in [1.29, 1.82) is 0 Å². The van der Waals surface area contributed by atoms with Crippen LogP contribution in [0.25, 0.3) is 0 Å². The van der Waals surface area contributed by atoms with Gasteiger partial charge in [-0.1, -0.05) is 13.0 Å². The van der Waals surface area contributed by atoms with Crippen LogP contribution < -0.4 is 20.5 Å². The van der Waals surface area contributed by atoms with E-state index >= 15 is 0 Å². The predicted octanol–water partition coefficient (Wildman–Crippen LogP) is 1.10. The van der Waals surface area contributed by atoms with E-state index < -0.39 is 0 Å². The zero-order valence-corrected chi connectivity index (χ0v) is 11.7. The quantitative estimate of drug-likeness (QED) is 0.775. The van der Waals surface area contributed by atoms with E-state index in [0.717, 1.165) is 18.4 Å². The molecular weight excluding hydrogens is 244 g/mol. The van der Waals surface area contributed by atoms with Crippen molar-refractivity contribution in [2.24, 2.45) is 5.73 Å². The standard InChI is InChI=1S/C14H22N2O3/c1-4-11(15)7-10-5-6-12(13(8-10)18-3)19-9-14(17)16-2/h5-6,8,11H,4,7,9,15H2,1-3H3,(H,16,17). The first kappa shape index (κ1) is 15.3. The molecule has 0 saturated carbocycles. The maximum absolute atomic E-state index is 11.1. The minimum Gasteiger partial charge on any atom is -0.493 e. The van der Waals surface area contributed by atoms with E-state index in [1.165, 1.54) is 0 Å². The second-order valence-electron chi connectivity index (χ2n) is 4.32. The number of rotatable bonds is 7. The van der Waals surface area contributed by atoms with Gasteiger partial charge in [0.25, 0.3) is 5.91 Å².